The van der Waals surface area contributed by atoms with E-state index < -0.39 is 54.2 Å². The summed E-state index contributed by atoms with van der Waals surface area (Å²) in [6.07, 6.45) is 17.8. The number of hydrogen-bond donors (Lipinski definition) is 8. The third-order valence-electron chi connectivity index (χ3n) is 11.0. The summed E-state index contributed by atoms with van der Waals surface area (Å²) >= 11 is 0. The molecule has 2 aromatic carbocycles. The van der Waals surface area contributed by atoms with Gasteiger partial charge in [-0.3, -0.25) is 33.8 Å². The average molecular weight is 843 g/mol. The number of benzene rings is 2. The number of nitrogens with one attached hydrogen (secondary N) is 5. The summed E-state index contributed by atoms with van der Waals surface area (Å²) in [5.74, 6) is -3.81. The predicted octanol–water partition coefficient (Wildman–Crippen LogP) is 4.28. The van der Waals surface area contributed by atoms with Crippen LogP contribution in [-0.4, -0.2) is 89.0 Å². The van der Waals surface area contributed by atoms with E-state index in [0.717, 1.165) is 40.6 Å². The predicted molar refractivity (Wildman–Crippen MR) is 238 cm³/mol. The van der Waals surface area contributed by atoms with Gasteiger partial charge < -0.3 is 48.4 Å². The van der Waals surface area contributed by atoms with E-state index in [4.69, 9.17) is 17.2 Å². The van der Waals surface area contributed by atoms with Crippen molar-refractivity contribution in [3.63, 3.8) is 0 Å². The van der Waals surface area contributed by atoms with Gasteiger partial charge in [-0.15, -0.1) is 0 Å². The van der Waals surface area contributed by atoms with Crippen LogP contribution in [0.1, 0.15) is 126 Å². The molecule has 2 heterocycles. The Labute approximate surface area is 359 Å². The van der Waals surface area contributed by atoms with Crippen LogP contribution in [0.3, 0.4) is 0 Å². The Morgan fingerprint density at radius 3 is 2.08 bits per heavy atom. The van der Waals surface area contributed by atoms with E-state index in [1.54, 1.807) is 24.4 Å². The van der Waals surface area contributed by atoms with Crippen molar-refractivity contribution in [3.05, 3.63) is 65.9 Å². The lowest BCUT2D eigenvalue weighted by molar-refractivity contribution is -0.132. The van der Waals surface area contributed by atoms with Crippen LogP contribution >= 0.6 is 0 Å². The van der Waals surface area contributed by atoms with Crippen LogP contribution in [0.4, 0.5) is 5.69 Å². The number of aromatic nitrogens is 1. The molecule has 0 aliphatic carbocycles. The zero-order chi connectivity index (χ0) is 44.0. The van der Waals surface area contributed by atoms with E-state index in [2.05, 4.69) is 38.2 Å². The number of amides is 6. The van der Waals surface area contributed by atoms with Crippen molar-refractivity contribution >= 4 is 58.0 Å². The molecule has 61 heavy (non-hydrogen) atoms. The van der Waals surface area contributed by atoms with E-state index in [1.165, 1.54) is 63.9 Å². The lowest BCUT2D eigenvalue weighted by Crippen LogP contribution is -2.57. The zero-order valence-corrected chi connectivity index (χ0v) is 35.6. The number of guanidine groups is 1. The van der Waals surface area contributed by atoms with E-state index in [9.17, 15) is 28.8 Å². The Morgan fingerprint density at radius 1 is 0.770 bits per heavy atom. The van der Waals surface area contributed by atoms with Gasteiger partial charge in [0.1, 0.15) is 24.7 Å². The summed E-state index contributed by atoms with van der Waals surface area (Å²) < 4.78 is 0. The van der Waals surface area contributed by atoms with Crippen molar-refractivity contribution in [2.75, 3.05) is 25.0 Å². The van der Waals surface area contributed by atoms with Gasteiger partial charge in [0.05, 0.1) is 11.3 Å². The molecule has 11 N–H and O–H groups in total. The standard InChI is InChI=1S/C45H66N10O6/c1-2-3-4-5-6-7-8-9-10-11-12-13-14-25-39(56)51-29-38-43(60)53-35-23-18-16-21-33(35)44(61)55(38)30-40(57)52-36(24-19-26-49-45(47)48)42(59)54-37(41(46)58)27-31-28-50-34-22-17-15-20-32(31)34/h15-18,20-23,28,36-38,50H,2-14,19,24-27,29-30H2,1H3,(H2,46,58)(H,51,56)(H,52,57)(H,53,60)(H,54,59)(H4,47,48,49)/t36-,37-,38?/m0/s1. The zero-order valence-electron chi connectivity index (χ0n) is 35.6. The largest absolute Gasteiger partial charge is 0.370 e. The summed E-state index contributed by atoms with van der Waals surface area (Å²) in [6.45, 7) is 1.54. The number of anilines is 1. The quantitative estimate of drug-likeness (QED) is 0.0297. The molecule has 16 heteroatoms. The van der Waals surface area contributed by atoms with Crippen molar-refractivity contribution in [1.29, 1.82) is 0 Å². The molecule has 4 rings (SSSR count). The summed E-state index contributed by atoms with van der Waals surface area (Å²) in [5.41, 5.74) is 18.8. The van der Waals surface area contributed by atoms with Gasteiger partial charge in [0.2, 0.25) is 29.5 Å². The van der Waals surface area contributed by atoms with Crippen molar-refractivity contribution in [2.24, 2.45) is 22.2 Å². The van der Waals surface area contributed by atoms with Crippen LogP contribution in [-0.2, 0) is 30.4 Å². The molecule has 1 aromatic heterocycles. The SMILES string of the molecule is CCCCCCCCCCCCCCCC(=O)NCC1C(=O)Nc2ccccc2C(=O)N1CC(=O)N[C@@H](CCCN=C(N)N)C(=O)N[C@@H](Cc1c[nH]c2ccccc12)C(N)=O. The van der Waals surface area contributed by atoms with E-state index in [1.807, 2.05) is 24.3 Å². The highest BCUT2D eigenvalue weighted by Gasteiger charge is 2.37. The van der Waals surface area contributed by atoms with Gasteiger partial charge in [0.15, 0.2) is 5.96 Å². The maximum absolute atomic E-state index is 14.0. The topological polar surface area (TPSA) is 260 Å². The minimum atomic E-state index is -1.24. The van der Waals surface area contributed by atoms with Crippen molar-refractivity contribution in [1.82, 2.24) is 25.8 Å². The van der Waals surface area contributed by atoms with E-state index in [0.29, 0.717) is 6.42 Å². The summed E-state index contributed by atoms with van der Waals surface area (Å²) in [5, 5.41) is 11.8. The number of primary amides is 1. The first-order chi connectivity index (χ1) is 29.5. The van der Waals surface area contributed by atoms with Crippen LogP contribution in [0.25, 0.3) is 10.9 Å². The Kier molecular flexibility index (Phi) is 20.1. The number of nitrogens with two attached hydrogens (primary N) is 3. The molecule has 1 unspecified atom stereocenters. The number of para-hydroxylation sites is 2. The van der Waals surface area contributed by atoms with Gasteiger partial charge in [-0.2, -0.15) is 0 Å². The Bertz CT molecular complexity index is 1940. The van der Waals surface area contributed by atoms with Gasteiger partial charge in [-0.1, -0.05) is 114 Å². The van der Waals surface area contributed by atoms with Gasteiger partial charge in [0, 0.05) is 43.0 Å². The van der Waals surface area contributed by atoms with E-state index in [-0.39, 0.29) is 61.9 Å². The molecule has 0 fully saturated rings. The van der Waals surface area contributed by atoms with Crippen LogP contribution < -0.4 is 38.5 Å². The first kappa shape index (κ1) is 47.7. The maximum atomic E-state index is 14.0. The highest BCUT2D eigenvalue weighted by Crippen LogP contribution is 2.24. The lowest BCUT2D eigenvalue weighted by atomic mass is 10.0. The fourth-order valence-corrected chi connectivity index (χ4v) is 7.60. The maximum Gasteiger partial charge on any atom is 0.257 e. The fraction of sp³-hybridized carbons (Fsp3) is 0.533. The minimum absolute atomic E-state index is 0.0584. The first-order valence-corrected chi connectivity index (χ1v) is 22.0. The fourth-order valence-electron chi connectivity index (χ4n) is 7.60. The second-order valence-electron chi connectivity index (χ2n) is 15.9. The second kappa shape index (κ2) is 25.6. The third kappa shape index (κ3) is 15.9. The molecule has 3 aromatic rings. The molecule has 1 aliphatic heterocycles. The number of carbonyl (C=O) groups is 6. The Hall–Kier alpha value is -5.93. The normalized spacial score (nSPS) is 14.6. The van der Waals surface area contributed by atoms with Gasteiger partial charge in [-0.05, 0) is 43.0 Å². The third-order valence-corrected chi connectivity index (χ3v) is 11.0. The molecular formula is C45H66N10O6. The number of H-pyrrole nitrogens is 1. The number of rotatable bonds is 28. The van der Waals surface area contributed by atoms with Crippen LogP contribution in [0, 0.1) is 0 Å². The number of aromatic amines is 1. The molecule has 0 spiro atoms. The lowest BCUT2D eigenvalue weighted by Gasteiger charge is -2.29. The van der Waals surface area contributed by atoms with Crippen molar-refractivity contribution in [3.8, 4) is 0 Å². The van der Waals surface area contributed by atoms with Crippen LogP contribution in [0.5, 0.6) is 0 Å². The molecule has 0 saturated heterocycles. The Balaban J connectivity index is 1.37. The monoisotopic (exact) mass is 843 g/mol. The molecule has 332 valence electrons. The highest BCUT2D eigenvalue weighted by molar-refractivity contribution is 6.11. The summed E-state index contributed by atoms with van der Waals surface area (Å²) in [4.78, 5) is 89.1. The number of hydrogen-bond acceptors (Lipinski definition) is 7. The van der Waals surface area contributed by atoms with Crippen molar-refractivity contribution in [2.45, 2.75) is 134 Å². The summed E-state index contributed by atoms with van der Waals surface area (Å²) in [7, 11) is 0. The molecule has 1 aliphatic rings. The number of nitrogens with zero attached hydrogens (tertiary/aromatic N) is 2. The minimum Gasteiger partial charge on any atom is -0.370 e. The Morgan fingerprint density at radius 2 is 1.41 bits per heavy atom. The van der Waals surface area contributed by atoms with Crippen LogP contribution in [0.2, 0.25) is 0 Å². The molecule has 3 atom stereocenters. The smallest absolute Gasteiger partial charge is 0.257 e. The van der Waals surface area contributed by atoms with Crippen LogP contribution in [0.15, 0.2) is 59.7 Å². The number of aliphatic imine (C=N–C) groups is 1. The second-order valence-corrected chi connectivity index (χ2v) is 15.9. The first-order valence-electron chi connectivity index (χ1n) is 22.0. The van der Waals surface area contributed by atoms with Crippen molar-refractivity contribution < 1.29 is 28.8 Å². The number of fused-ring (bicyclic) bond motifs is 2. The van der Waals surface area contributed by atoms with Gasteiger partial charge >= 0.3 is 0 Å². The molecule has 6 amide bonds. The molecule has 0 saturated carbocycles. The number of unbranched alkanes of at least 4 members (excludes halogenated alkanes) is 12. The van der Waals surface area contributed by atoms with E-state index >= 15 is 0 Å². The summed E-state index contributed by atoms with van der Waals surface area (Å²) in [6, 6.07) is 10.4. The molecular weight excluding hydrogens is 777 g/mol. The molecule has 16 nitrogen and oxygen atoms in total. The molecule has 0 radical (unpaired) electrons. The van der Waals surface area contributed by atoms with Gasteiger partial charge in [0.25, 0.3) is 5.91 Å². The highest BCUT2D eigenvalue weighted by atomic mass is 16.2. The van der Waals surface area contributed by atoms with Gasteiger partial charge in [-0.25, -0.2) is 0 Å². The number of carbonyl (C=O) groups excluding carboxylic acids is 6. The average Bonchev–Trinajstić information content (AvgIpc) is 3.61. The molecule has 0 bridgehead atoms.